The molecule has 1 aliphatic heterocycles. The molecule has 3 nitrogen and oxygen atoms in total. The number of aryl methyl sites for hydroxylation is 1. The van der Waals surface area contributed by atoms with E-state index in [9.17, 15) is 0 Å². The minimum absolute atomic E-state index is 0. The molecule has 3 heterocycles. The Labute approximate surface area is 173 Å². The smallest absolute Gasteiger partial charge is 0.574 e. The van der Waals surface area contributed by atoms with E-state index in [0.29, 0.717) is 0 Å². The summed E-state index contributed by atoms with van der Waals surface area (Å²) < 4.78 is 0. The van der Waals surface area contributed by atoms with Crippen LogP contribution in [0, 0.1) is 6.92 Å². The van der Waals surface area contributed by atoms with Crippen molar-refractivity contribution in [2.45, 2.75) is 6.92 Å². The van der Waals surface area contributed by atoms with Crippen molar-refractivity contribution < 1.29 is 19.8 Å². The van der Waals surface area contributed by atoms with Crippen LogP contribution in [0.3, 0.4) is 0 Å². The molecule has 1 atom stereocenters. The van der Waals surface area contributed by atoms with Crippen molar-refractivity contribution >= 4 is 18.5 Å². The minimum Gasteiger partial charge on any atom is -0.574 e. The van der Waals surface area contributed by atoms with Crippen LogP contribution < -0.4 is 15.7 Å². The third kappa shape index (κ3) is 2.98. The molecule has 2 aromatic carbocycles. The zero-order valence-corrected chi connectivity index (χ0v) is 18.6. The van der Waals surface area contributed by atoms with Crippen molar-refractivity contribution in [2.24, 2.45) is 0 Å². The Hall–Kier alpha value is -2.13. The van der Waals surface area contributed by atoms with E-state index in [1.54, 1.807) is 0 Å². The van der Waals surface area contributed by atoms with E-state index in [-0.39, 0.29) is 19.8 Å². The van der Waals surface area contributed by atoms with Crippen LogP contribution in [-0.2, 0) is 19.8 Å². The van der Waals surface area contributed by atoms with Crippen LogP contribution >= 0.6 is 7.92 Å². The van der Waals surface area contributed by atoms with Crippen molar-refractivity contribution in [3.8, 4) is 33.8 Å². The first-order valence-corrected chi connectivity index (χ1v) is 10.7. The maximum Gasteiger partial charge on any atom is 1.00 e. The van der Waals surface area contributed by atoms with Crippen molar-refractivity contribution in [3.05, 3.63) is 72.4 Å². The molecule has 0 bridgehead atoms. The first-order valence-electron chi connectivity index (χ1n) is 8.74. The number of hydrogen-bond acceptors (Lipinski definition) is 2. The molecule has 1 radical (unpaired) electrons. The van der Waals surface area contributed by atoms with E-state index in [0.717, 1.165) is 22.8 Å². The van der Waals surface area contributed by atoms with Gasteiger partial charge in [-0.05, 0) is 31.2 Å². The average Bonchev–Trinajstić information content (AvgIpc) is 3.24. The van der Waals surface area contributed by atoms with Crippen LogP contribution in [-0.4, -0.2) is 16.7 Å². The SMILES string of the molecule is Cc1cc(-c2cccc(-c3cccc4c3[PH+](C)c3ccccc3-4)n2)[n-]n1.[Os+]. The summed E-state index contributed by atoms with van der Waals surface area (Å²) in [5.41, 5.74) is 7.64. The molecule has 0 fully saturated rings. The predicted octanol–water partition coefficient (Wildman–Crippen LogP) is 3.85. The Bertz CT molecular complexity index is 1140. The molecule has 133 valence electrons. The molecular formula is C22H18N3OsP+. The van der Waals surface area contributed by atoms with Crippen LogP contribution in [0.15, 0.2) is 66.7 Å². The zero-order chi connectivity index (χ0) is 17.7. The summed E-state index contributed by atoms with van der Waals surface area (Å²) in [6, 6.07) is 23.5. The van der Waals surface area contributed by atoms with E-state index in [1.165, 1.54) is 27.3 Å². The number of nitrogens with zero attached hydrogens (tertiary/aromatic N) is 3. The Morgan fingerprint density at radius 2 is 1.52 bits per heavy atom. The molecule has 0 saturated carbocycles. The first-order chi connectivity index (χ1) is 12.7. The monoisotopic (exact) mass is 547 g/mol. The topological polar surface area (TPSA) is 39.9 Å². The summed E-state index contributed by atoms with van der Waals surface area (Å²) >= 11 is 0. The molecule has 1 aliphatic rings. The van der Waals surface area contributed by atoms with Gasteiger partial charge in [-0.25, -0.2) is 4.98 Å². The Morgan fingerprint density at radius 3 is 2.33 bits per heavy atom. The largest absolute Gasteiger partial charge is 1.00 e. The van der Waals surface area contributed by atoms with Crippen molar-refractivity contribution in [1.29, 1.82) is 0 Å². The predicted molar refractivity (Wildman–Crippen MR) is 110 cm³/mol. The number of rotatable bonds is 2. The summed E-state index contributed by atoms with van der Waals surface area (Å²) in [4.78, 5) is 4.92. The molecule has 5 heteroatoms. The summed E-state index contributed by atoms with van der Waals surface area (Å²) in [5.74, 6) is 0. The normalized spacial score (nSPS) is 14.4. The molecule has 5 rings (SSSR count). The Morgan fingerprint density at radius 1 is 0.815 bits per heavy atom. The van der Waals surface area contributed by atoms with Crippen LogP contribution in [0.25, 0.3) is 33.8 Å². The van der Waals surface area contributed by atoms with Gasteiger partial charge in [0.1, 0.15) is 10.6 Å². The van der Waals surface area contributed by atoms with E-state index in [1.807, 2.05) is 19.1 Å². The van der Waals surface area contributed by atoms with Crippen molar-refractivity contribution in [1.82, 2.24) is 15.2 Å². The van der Waals surface area contributed by atoms with Gasteiger partial charge >= 0.3 is 19.8 Å². The first kappa shape index (κ1) is 18.2. The summed E-state index contributed by atoms with van der Waals surface area (Å²) in [5, 5.41) is 11.3. The van der Waals surface area contributed by atoms with Gasteiger partial charge in [-0.15, -0.1) is 0 Å². The molecule has 0 spiro atoms. The molecular weight excluding hydrogens is 527 g/mol. The number of aromatic nitrogens is 3. The molecule has 0 N–H and O–H groups in total. The second kappa shape index (κ2) is 7.12. The molecule has 1 unspecified atom stereocenters. The minimum atomic E-state index is -0.788. The molecule has 4 aromatic rings. The maximum atomic E-state index is 4.92. The number of hydrogen-bond donors (Lipinski definition) is 0. The molecule has 0 amide bonds. The molecule has 0 saturated heterocycles. The van der Waals surface area contributed by atoms with Crippen LogP contribution in [0.5, 0.6) is 0 Å². The average molecular weight is 546 g/mol. The standard InChI is InChI=1S/C22H17N3P.Os/c1-14-13-20(25-24-14)19-11-6-10-18(23-19)17-9-5-8-16-15-7-3-4-12-21(15)26(2)22(16)17;/h3-13H,1-2H3;/q-1;+1/p+1. The van der Waals surface area contributed by atoms with E-state index in [4.69, 9.17) is 4.98 Å². The summed E-state index contributed by atoms with van der Waals surface area (Å²) in [7, 11) is -0.788. The fraction of sp³-hybridized carbons (Fsp3) is 0.0909. The van der Waals surface area contributed by atoms with Gasteiger partial charge in [0.2, 0.25) is 0 Å². The third-order valence-corrected chi connectivity index (χ3v) is 7.54. The Balaban J connectivity index is 0.00000180. The second-order valence-electron chi connectivity index (χ2n) is 6.68. The van der Waals surface area contributed by atoms with Gasteiger partial charge in [-0.1, -0.05) is 48.2 Å². The second-order valence-corrected chi connectivity index (χ2v) is 8.97. The Kier molecular flexibility index (Phi) is 4.81. The summed E-state index contributed by atoms with van der Waals surface area (Å²) in [6.07, 6.45) is 0. The van der Waals surface area contributed by atoms with Gasteiger partial charge in [0.05, 0.1) is 26.0 Å². The van der Waals surface area contributed by atoms with E-state index in [2.05, 4.69) is 71.5 Å². The van der Waals surface area contributed by atoms with Gasteiger partial charge in [0, 0.05) is 22.4 Å². The van der Waals surface area contributed by atoms with Crippen molar-refractivity contribution in [3.63, 3.8) is 0 Å². The van der Waals surface area contributed by atoms with Crippen LogP contribution in [0.2, 0.25) is 0 Å². The number of benzene rings is 2. The maximum absolute atomic E-state index is 4.92. The fourth-order valence-electron chi connectivity index (χ4n) is 3.81. The van der Waals surface area contributed by atoms with Gasteiger partial charge in [-0.2, -0.15) is 0 Å². The van der Waals surface area contributed by atoms with Gasteiger partial charge in [0.15, 0.2) is 0 Å². The zero-order valence-electron chi connectivity index (χ0n) is 15.0. The third-order valence-electron chi connectivity index (χ3n) is 5.01. The fourth-order valence-corrected chi connectivity index (χ4v) is 6.29. The van der Waals surface area contributed by atoms with Crippen LogP contribution in [0.4, 0.5) is 0 Å². The number of pyridine rings is 1. The summed E-state index contributed by atoms with van der Waals surface area (Å²) in [6.45, 7) is 4.34. The molecule has 0 aliphatic carbocycles. The van der Waals surface area contributed by atoms with Gasteiger partial charge in [0.25, 0.3) is 0 Å². The number of fused-ring (bicyclic) bond motifs is 3. The molecule has 2 aromatic heterocycles. The van der Waals surface area contributed by atoms with Gasteiger partial charge in [-0.3, -0.25) is 0 Å². The quantitative estimate of drug-likeness (QED) is 0.360. The van der Waals surface area contributed by atoms with Crippen LogP contribution in [0.1, 0.15) is 5.69 Å². The van der Waals surface area contributed by atoms with Crippen molar-refractivity contribution in [2.75, 3.05) is 6.66 Å². The van der Waals surface area contributed by atoms with Gasteiger partial charge < -0.3 is 10.2 Å². The van der Waals surface area contributed by atoms with E-state index >= 15 is 0 Å². The molecule has 27 heavy (non-hydrogen) atoms. The van der Waals surface area contributed by atoms with E-state index < -0.39 is 7.92 Å².